The topological polar surface area (TPSA) is 34.1 Å². The fraction of sp³-hybridized carbons (Fsp3) is 0.600. The smallest absolute Gasteiger partial charge is 0.154 e. The van der Waals surface area contributed by atoms with E-state index in [1.54, 1.807) is 0 Å². The summed E-state index contributed by atoms with van der Waals surface area (Å²) in [7, 11) is 0. The summed E-state index contributed by atoms with van der Waals surface area (Å²) in [5, 5.41) is 0. The van der Waals surface area contributed by atoms with Crippen LogP contribution in [0.5, 0.6) is 0 Å². The Kier molecular flexibility index (Phi) is 3.44. The van der Waals surface area contributed by atoms with Crippen molar-refractivity contribution in [3.63, 3.8) is 0 Å². The Morgan fingerprint density at radius 1 is 1.50 bits per heavy atom. The van der Waals surface area contributed by atoms with Crippen molar-refractivity contribution in [2.45, 2.75) is 13.3 Å². The summed E-state index contributed by atoms with van der Waals surface area (Å²) >= 11 is 5.09. The van der Waals surface area contributed by atoms with Crippen LogP contribution in [-0.2, 0) is 9.59 Å². The molecular weight excluding hydrogens is 128 g/mol. The number of rotatable bonds is 3. The Morgan fingerprint density at radius 2 is 2.00 bits per heavy atom. The predicted octanol–water partition coefficient (Wildman–Crippen LogP) is 0.773. The molecule has 0 fully saturated rings. The maximum atomic E-state index is 10.3. The molecule has 0 aliphatic heterocycles. The van der Waals surface area contributed by atoms with Crippen LogP contribution in [0, 0.1) is 0 Å². The average Bonchev–Trinajstić information content (AvgIpc) is 1.65. The summed E-state index contributed by atoms with van der Waals surface area (Å²) in [6.45, 7) is 1.37. The van der Waals surface area contributed by atoms with Gasteiger partial charge in [-0.1, -0.05) is 0 Å². The van der Waals surface area contributed by atoms with Gasteiger partial charge < -0.3 is 0 Å². The van der Waals surface area contributed by atoms with Crippen molar-refractivity contribution >= 4 is 23.2 Å². The molecule has 0 unspecified atom stereocenters. The first kappa shape index (κ1) is 7.63. The number of carbonyl (C=O) groups excluding carboxylic acids is 2. The van der Waals surface area contributed by atoms with Gasteiger partial charge in [-0.25, -0.2) is 0 Å². The number of carbonyl (C=O) groups is 2. The van der Waals surface area contributed by atoms with Gasteiger partial charge in [-0.15, -0.1) is 11.6 Å². The highest BCUT2D eigenvalue weighted by Gasteiger charge is 2.00. The molecule has 0 aromatic heterocycles. The van der Waals surface area contributed by atoms with Gasteiger partial charge in [0, 0.05) is 0 Å². The molecule has 0 bridgehead atoms. The molecule has 2 nitrogen and oxygen atoms in total. The molecule has 8 heavy (non-hydrogen) atoms. The van der Waals surface area contributed by atoms with Crippen LogP contribution in [-0.4, -0.2) is 17.4 Å². The Morgan fingerprint density at radius 3 is 2.12 bits per heavy atom. The van der Waals surface area contributed by atoms with Gasteiger partial charge in [-0.3, -0.25) is 9.59 Å². The summed E-state index contributed by atoms with van der Waals surface area (Å²) in [4.78, 5) is 20.4. The molecule has 0 heterocycles. The van der Waals surface area contributed by atoms with Gasteiger partial charge >= 0.3 is 0 Å². The number of ketones is 2. The lowest BCUT2D eigenvalue weighted by atomic mass is 10.2. The van der Waals surface area contributed by atoms with Crippen LogP contribution in [0.3, 0.4) is 0 Å². The molecule has 0 radical (unpaired) electrons. The Labute approximate surface area is 52.8 Å². The molecular formula is C5H7ClO2. The lowest BCUT2D eigenvalue weighted by molar-refractivity contribution is -0.124. The molecule has 0 atom stereocenters. The first-order valence-corrected chi connectivity index (χ1v) is 2.77. The highest BCUT2D eigenvalue weighted by Crippen LogP contribution is 1.86. The molecule has 0 N–H and O–H groups in total. The molecule has 0 saturated heterocycles. The van der Waals surface area contributed by atoms with Crippen molar-refractivity contribution < 1.29 is 9.59 Å². The van der Waals surface area contributed by atoms with E-state index in [-0.39, 0.29) is 23.9 Å². The highest BCUT2D eigenvalue weighted by molar-refractivity contribution is 6.29. The van der Waals surface area contributed by atoms with Gasteiger partial charge in [-0.2, -0.15) is 0 Å². The standard InChI is InChI=1S/C5H7ClO2/c1-4(7)2-5(8)3-6/h2-3H2,1H3. The van der Waals surface area contributed by atoms with Crippen LogP contribution in [0.15, 0.2) is 0 Å². The van der Waals surface area contributed by atoms with Gasteiger partial charge in [0.25, 0.3) is 0 Å². The molecule has 0 aliphatic carbocycles. The number of halogens is 1. The fourth-order valence-electron chi connectivity index (χ4n) is 0.325. The average molecular weight is 135 g/mol. The van der Waals surface area contributed by atoms with Gasteiger partial charge in [0.05, 0.1) is 12.3 Å². The Balaban J connectivity index is 3.40. The van der Waals surface area contributed by atoms with E-state index in [9.17, 15) is 9.59 Å². The van der Waals surface area contributed by atoms with Crippen LogP contribution < -0.4 is 0 Å². The van der Waals surface area contributed by atoms with Crippen molar-refractivity contribution in [1.29, 1.82) is 0 Å². The third-order valence-electron chi connectivity index (χ3n) is 0.595. The summed E-state index contributed by atoms with van der Waals surface area (Å²) in [6.07, 6.45) is -0.0243. The van der Waals surface area contributed by atoms with Gasteiger partial charge in [0.2, 0.25) is 0 Å². The molecule has 0 aliphatic rings. The lowest BCUT2D eigenvalue weighted by Crippen LogP contribution is -2.04. The van der Waals surface area contributed by atoms with Crippen molar-refractivity contribution in [3.05, 3.63) is 0 Å². The molecule has 0 rings (SSSR count). The normalized spacial score (nSPS) is 8.75. The van der Waals surface area contributed by atoms with E-state index >= 15 is 0 Å². The Bertz CT molecular complexity index is 109. The summed E-state index contributed by atoms with van der Waals surface area (Å²) in [6, 6.07) is 0. The van der Waals surface area contributed by atoms with E-state index in [1.807, 2.05) is 0 Å². The number of hydrogen-bond donors (Lipinski definition) is 0. The van der Waals surface area contributed by atoms with E-state index in [4.69, 9.17) is 11.6 Å². The quantitative estimate of drug-likeness (QED) is 0.422. The van der Waals surface area contributed by atoms with E-state index in [0.29, 0.717) is 0 Å². The van der Waals surface area contributed by atoms with E-state index in [1.165, 1.54) is 6.92 Å². The summed E-state index contributed by atoms with van der Waals surface area (Å²) in [5.74, 6) is -0.394. The zero-order valence-corrected chi connectivity index (χ0v) is 5.36. The monoisotopic (exact) mass is 134 g/mol. The Hall–Kier alpha value is -0.370. The largest absolute Gasteiger partial charge is 0.300 e. The van der Waals surface area contributed by atoms with Crippen molar-refractivity contribution in [1.82, 2.24) is 0 Å². The fourth-order valence-corrected chi connectivity index (χ4v) is 0.419. The van der Waals surface area contributed by atoms with Crippen molar-refractivity contribution in [2.75, 3.05) is 5.88 Å². The first-order chi connectivity index (χ1) is 3.66. The van der Waals surface area contributed by atoms with Gasteiger partial charge in [0.15, 0.2) is 5.78 Å². The zero-order chi connectivity index (χ0) is 6.57. The summed E-state index contributed by atoms with van der Waals surface area (Å²) < 4.78 is 0. The maximum Gasteiger partial charge on any atom is 0.154 e. The molecule has 0 spiro atoms. The lowest BCUT2D eigenvalue weighted by Gasteiger charge is -1.86. The minimum absolute atomic E-state index is 0.0243. The number of alkyl halides is 1. The predicted molar refractivity (Wildman–Crippen MR) is 31.0 cm³/mol. The third-order valence-corrected chi connectivity index (χ3v) is 0.893. The molecule has 0 amide bonds. The first-order valence-electron chi connectivity index (χ1n) is 2.24. The van der Waals surface area contributed by atoms with E-state index in [2.05, 4.69) is 0 Å². The van der Waals surface area contributed by atoms with Crippen LogP contribution in [0.25, 0.3) is 0 Å². The molecule has 0 aromatic carbocycles. The second-order valence-electron chi connectivity index (χ2n) is 1.55. The van der Waals surface area contributed by atoms with Crippen LogP contribution in [0.2, 0.25) is 0 Å². The number of hydrogen-bond acceptors (Lipinski definition) is 2. The number of Topliss-reactive ketones (excluding diaryl/α,β-unsaturated/α-hetero) is 2. The zero-order valence-electron chi connectivity index (χ0n) is 4.61. The van der Waals surface area contributed by atoms with Crippen LogP contribution in [0.4, 0.5) is 0 Å². The SMILES string of the molecule is CC(=O)CC(=O)CCl. The third kappa shape index (κ3) is 3.81. The minimum Gasteiger partial charge on any atom is -0.300 e. The van der Waals surface area contributed by atoms with Crippen LogP contribution in [0.1, 0.15) is 13.3 Å². The highest BCUT2D eigenvalue weighted by atomic mass is 35.5. The molecule has 0 aromatic rings. The van der Waals surface area contributed by atoms with Gasteiger partial charge in [0.1, 0.15) is 5.78 Å². The molecule has 0 saturated carbocycles. The minimum atomic E-state index is -0.209. The van der Waals surface area contributed by atoms with Gasteiger partial charge in [-0.05, 0) is 6.92 Å². The van der Waals surface area contributed by atoms with E-state index in [0.717, 1.165) is 0 Å². The maximum absolute atomic E-state index is 10.3. The van der Waals surface area contributed by atoms with Crippen molar-refractivity contribution in [2.24, 2.45) is 0 Å². The van der Waals surface area contributed by atoms with Crippen molar-refractivity contribution in [3.8, 4) is 0 Å². The molecule has 46 valence electrons. The summed E-state index contributed by atoms with van der Waals surface area (Å²) in [5.41, 5.74) is 0. The van der Waals surface area contributed by atoms with E-state index < -0.39 is 0 Å². The molecule has 3 heteroatoms. The second-order valence-corrected chi connectivity index (χ2v) is 1.82. The van der Waals surface area contributed by atoms with Crippen LogP contribution >= 0.6 is 11.6 Å². The second kappa shape index (κ2) is 3.61.